The molecule has 0 amide bonds. The molecule has 0 radical (unpaired) electrons. The van der Waals surface area contributed by atoms with E-state index in [1.807, 2.05) is 17.8 Å². The van der Waals surface area contributed by atoms with Crippen LogP contribution in [0.4, 0.5) is 11.5 Å². The molecule has 0 aliphatic carbocycles. The minimum absolute atomic E-state index is 0.489. The number of ether oxygens (including phenoxy) is 1. The van der Waals surface area contributed by atoms with Crippen molar-refractivity contribution in [2.45, 2.75) is 18.9 Å². The van der Waals surface area contributed by atoms with Gasteiger partial charge in [0.25, 0.3) is 0 Å². The first kappa shape index (κ1) is 11.4. The number of hydrogen-bond donors (Lipinski definition) is 2. The van der Waals surface area contributed by atoms with Crippen molar-refractivity contribution in [3.05, 3.63) is 12.1 Å². The zero-order chi connectivity index (χ0) is 11.4. The summed E-state index contributed by atoms with van der Waals surface area (Å²) in [5.41, 5.74) is 6.56. The first-order valence-electron chi connectivity index (χ1n) is 5.44. The highest BCUT2D eigenvalue weighted by Crippen LogP contribution is 2.24. The van der Waals surface area contributed by atoms with Crippen molar-refractivity contribution in [3.8, 4) is 5.88 Å². The van der Waals surface area contributed by atoms with Gasteiger partial charge in [0.15, 0.2) is 5.82 Å². The Morgan fingerprint density at radius 2 is 2.19 bits per heavy atom. The molecule has 1 aliphatic heterocycles. The molecule has 0 spiro atoms. The van der Waals surface area contributed by atoms with Crippen molar-refractivity contribution in [3.63, 3.8) is 0 Å². The van der Waals surface area contributed by atoms with E-state index in [-0.39, 0.29) is 0 Å². The lowest BCUT2D eigenvalue weighted by molar-refractivity contribution is 0.398. The third-order valence-electron chi connectivity index (χ3n) is 2.67. The third kappa shape index (κ3) is 2.72. The van der Waals surface area contributed by atoms with E-state index >= 15 is 0 Å². The van der Waals surface area contributed by atoms with E-state index in [2.05, 4.69) is 10.3 Å². The Morgan fingerprint density at radius 1 is 1.44 bits per heavy atom. The van der Waals surface area contributed by atoms with Gasteiger partial charge in [-0.25, -0.2) is 0 Å². The Bertz CT molecular complexity index is 353. The largest absolute Gasteiger partial charge is 0.481 e. The van der Waals surface area contributed by atoms with Gasteiger partial charge in [-0.3, -0.25) is 0 Å². The minimum atomic E-state index is 0.489. The summed E-state index contributed by atoms with van der Waals surface area (Å²) >= 11 is 2.00. The lowest BCUT2D eigenvalue weighted by Crippen LogP contribution is -2.25. The van der Waals surface area contributed by atoms with Crippen LogP contribution in [-0.4, -0.2) is 29.6 Å². The van der Waals surface area contributed by atoms with Gasteiger partial charge >= 0.3 is 0 Å². The number of nitrogen functional groups attached to an aromatic ring is 1. The number of hydrogen-bond acceptors (Lipinski definition) is 5. The number of nitrogens with zero attached hydrogens (tertiary/aromatic N) is 1. The van der Waals surface area contributed by atoms with Gasteiger partial charge in [-0.2, -0.15) is 16.7 Å². The summed E-state index contributed by atoms with van der Waals surface area (Å²) in [6.07, 6.45) is 2.34. The number of pyridine rings is 1. The van der Waals surface area contributed by atoms with Crippen LogP contribution in [0, 0.1) is 0 Å². The maximum Gasteiger partial charge on any atom is 0.215 e. The normalized spacial score (nSPS) is 17.1. The fourth-order valence-corrected chi connectivity index (χ4v) is 2.82. The van der Waals surface area contributed by atoms with Crippen LogP contribution in [0.2, 0.25) is 0 Å². The molecule has 4 nitrogen and oxygen atoms in total. The molecule has 0 bridgehead atoms. The van der Waals surface area contributed by atoms with Crippen LogP contribution < -0.4 is 15.8 Å². The van der Waals surface area contributed by atoms with E-state index in [1.54, 1.807) is 13.2 Å². The van der Waals surface area contributed by atoms with Crippen molar-refractivity contribution < 1.29 is 4.74 Å². The molecule has 0 atom stereocenters. The summed E-state index contributed by atoms with van der Waals surface area (Å²) < 4.78 is 5.09. The van der Waals surface area contributed by atoms with Crippen molar-refractivity contribution in [2.75, 3.05) is 29.7 Å². The second kappa shape index (κ2) is 5.30. The predicted molar refractivity (Wildman–Crippen MR) is 69.2 cm³/mol. The number of nitrogens with two attached hydrogens (primary N) is 1. The number of aromatic nitrogens is 1. The molecule has 2 heterocycles. The molecule has 0 saturated carbocycles. The van der Waals surface area contributed by atoms with E-state index in [4.69, 9.17) is 10.5 Å². The molecular weight excluding hydrogens is 222 g/mol. The van der Waals surface area contributed by atoms with E-state index in [9.17, 15) is 0 Å². The SMILES string of the molecule is COc1ccc(N)c(NC2CCSCC2)n1. The van der Waals surface area contributed by atoms with Gasteiger partial charge in [0, 0.05) is 12.1 Å². The molecule has 1 aliphatic rings. The lowest BCUT2D eigenvalue weighted by atomic mass is 10.1. The molecule has 2 rings (SSSR count). The van der Waals surface area contributed by atoms with E-state index in [0.29, 0.717) is 17.6 Å². The molecule has 16 heavy (non-hydrogen) atoms. The predicted octanol–water partition coefficient (Wildman–Crippen LogP) is 1.98. The van der Waals surface area contributed by atoms with E-state index in [0.717, 1.165) is 5.82 Å². The minimum Gasteiger partial charge on any atom is -0.481 e. The van der Waals surface area contributed by atoms with Gasteiger partial charge < -0.3 is 15.8 Å². The zero-order valence-corrected chi connectivity index (χ0v) is 10.2. The molecule has 1 fully saturated rings. The molecule has 1 saturated heterocycles. The van der Waals surface area contributed by atoms with Gasteiger partial charge in [-0.1, -0.05) is 0 Å². The number of rotatable bonds is 3. The Morgan fingerprint density at radius 3 is 2.88 bits per heavy atom. The van der Waals surface area contributed by atoms with Crippen LogP contribution >= 0.6 is 11.8 Å². The summed E-state index contributed by atoms with van der Waals surface area (Å²) in [6, 6.07) is 4.09. The first-order valence-corrected chi connectivity index (χ1v) is 6.60. The fourth-order valence-electron chi connectivity index (χ4n) is 1.72. The topological polar surface area (TPSA) is 60.2 Å². The van der Waals surface area contributed by atoms with Crippen molar-refractivity contribution >= 4 is 23.3 Å². The first-order chi connectivity index (χ1) is 7.79. The fraction of sp³-hybridized carbons (Fsp3) is 0.545. The quantitative estimate of drug-likeness (QED) is 0.844. The molecule has 3 N–H and O–H groups in total. The van der Waals surface area contributed by atoms with E-state index in [1.165, 1.54) is 24.3 Å². The van der Waals surface area contributed by atoms with E-state index < -0.39 is 0 Å². The summed E-state index contributed by atoms with van der Waals surface area (Å²) in [7, 11) is 1.61. The number of thioether (sulfide) groups is 1. The standard InChI is InChI=1S/C11H17N3OS/c1-15-10-3-2-9(12)11(14-10)13-8-4-6-16-7-5-8/h2-3,8H,4-7,12H2,1H3,(H,13,14). The highest BCUT2D eigenvalue weighted by Gasteiger charge is 2.15. The Labute approximate surface area is 100.0 Å². The highest BCUT2D eigenvalue weighted by molar-refractivity contribution is 7.99. The monoisotopic (exact) mass is 239 g/mol. The van der Waals surface area contributed by atoms with Crippen LogP contribution in [-0.2, 0) is 0 Å². The van der Waals surface area contributed by atoms with Crippen molar-refractivity contribution in [1.82, 2.24) is 4.98 Å². The average Bonchev–Trinajstić information content (AvgIpc) is 2.33. The van der Waals surface area contributed by atoms with Crippen LogP contribution in [0.1, 0.15) is 12.8 Å². The van der Waals surface area contributed by atoms with Gasteiger partial charge in [0.2, 0.25) is 5.88 Å². The highest BCUT2D eigenvalue weighted by atomic mass is 32.2. The average molecular weight is 239 g/mol. The smallest absolute Gasteiger partial charge is 0.215 e. The number of nitrogens with one attached hydrogen (secondary N) is 1. The summed E-state index contributed by atoms with van der Waals surface area (Å²) in [6.45, 7) is 0. The summed E-state index contributed by atoms with van der Waals surface area (Å²) in [5, 5.41) is 3.39. The Balaban J connectivity index is 2.06. The van der Waals surface area contributed by atoms with Gasteiger partial charge in [0.1, 0.15) is 0 Å². The lowest BCUT2D eigenvalue weighted by Gasteiger charge is -2.23. The van der Waals surface area contributed by atoms with Crippen molar-refractivity contribution in [1.29, 1.82) is 0 Å². The second-order valence-electron chi connectivity index (χ2n) is 3.82. The van der Waals surface area contributed by atoms with Crippen LogP contribution in [0.15, 0.2) is 12.1 Å². The maximum absolute atomic E-state index is 5.88. The van der Waals surface area contributed by atoms with Crippen molar-refractivity contribution in [2.24, 2.45) is 0 Å². The summed E-state index contributed by atoms with van der Waals surface area (Å²) in [5.74, 6) is 3.77. The molecule has 0 aromatic carbocycles. The molecule has 5 heteroatoms. The van der Waals surface area contributed by atoms with Crippen LogP contribution in [0.5, 0.6) is 5.88 Å². The number of anilines is 2. The molecule has 88 valence electrons. The van der Waals surface area contributed by atoms with Gasteiger partial charge in [-0.05, 0) is 30.4 Å². The van der Waals surface area contributed by atoms with Gasteiger partial charge in [0.05, 0.1) is 12.8 Å². The Kier molecular flexibility index (Phi) is 3.77. The zero-order valence-electron chi connectivity index (χ0n) is 9.40. The second-order valence-corrected chi connectivity index (χ2v) is 5.05. The summed E-state index contributed by atoms with van der Waals surface area (Å²) in [4.78, 5) is 4.32. The maximum atomic E-state index is 5.88. The van der Waals surface area contributed by atoms with Crippen LogP contribution in [0.3, 0.4) is 0 Å². The molecular formula is C11H17N3OS. The van der Waals surface area contributed by atoms with Gasteiger partial charge in [-0.15, -0.1) is 0 Å². The number of methoxy groups -OCH3 is 1. The Hall–Kier alpha value is -1.10. The van der Waals surface area contributed by atoms with Crippen LogP contribution in [0.25, 0.3) is 0 Å². The molecule has 0 unspecified atom stereocenters. The third-order valence-corrected chi connectivity index (χ3v) is 3.72. The molecule has 1 aromatic rings. The molecule has 1 aromatic heterocycles.